The lowest BCUT2D eigenvalue weighted by Gasteiger charge is -2.26. The molecule has 0 saturated carbocycles. The molecule has 0 saturated heterocycles. The minimum Gasteiger partial charge on any atom is -0.382 e. The number of hydrogen-bond acceptors (Lipinski definition) is 4. The van der Waals surface area contributed by atoms with E-state index in [1.165, 1.54) is 12.1 Å². The van der Waals surface area contributed by atoms with Crippen molar-refractivity contribution in [1.82, 2.24) is 9.55 Å². The Bertz CT molecular complexity index is 1530. The molecule has 0 N–H and O–H groups in total. The number of ether oxygens (including phenoxy) is 1. The SMILES string of the molecule is CCOCCC(CCC(=O)Cc1ccc(C(F)(F)F)cc1)[C@H](C)c1nc2ccccc2c(=O)n1-c1ccc(I)cc1. The summed E-state index contributed by atoms with van der Waals surface area (Å²) in [5, 5.41) is 0.527. The lowest BCUT2D eigenvalue weighted by atomic mass is 9.85. The summed E-state index contributed by atoms with van der Waals surface area (Å²) in [5.74, 6) is 0.346. The summed E-state index contributed by atoms with van der Waals surface area (Å²) in [4.78, 5) is 31.6. The lowest BCUT2D eigenvalue weighted by Crippen LogP contribution is -2.28. The van der Waals surface area contributed by atoms with Gasteiger partial charge in [-0.3, -0.25) is 14.2 Å². The average molecular weight is 677 g/mol. The minimum atomic E-state index is -4.41. The number of alkyl halides is 3. The molecular formula is C32H32F3IN2O3. The summed E-state index contributed by atoms with van der Waals surface area (Å²) < 4.78 is 47.0. The predicted octanol–water partition coefficient (Wildman–Crippen LogP) is 7.75. The first-order chi connectivity index (χ1) is 19.6. The Balaban J connectivity index is 1.61. The third-order valence-corrected chi connectivity index (χ3v) is 8.03. The Labute approximate surface area is 250 Å². The second kappa shape index (κ2) is 13.7. The maximum Gasteiger partial charge on any atom is 0.416 e. The van der Waals surface area contributed by atoms with E-state index in [0.29, 0.717) is 48.3 Å². The van der Waals surface area contributed by atoms with E-state index in [1.807, 2.05) is 56.3 Å². The van der Waals surface area contributed by atoms with Crippen molar-refractivity contribution in [2.75, 3.05) is 13.2 Å². The second-order valence-corrected chi connectivity index (χ2v) is 11.3. The van der Waals surface area contributed by atoms with Crippen molar-refractivity contribution in [1.29, 1.82) is 0 Å². The van der Waals surface area contributed by atoms with Crippen LogP contribution in [0.5, 0.6) is 0 Å². The standard InChI is InChI=1S/C32H32F3IN2O3/c1-3-41-19-18-23(10-17-27(39)20-22-8-11-24(12-9-22)32(33,34)35)21(2)30-37-29-7-5-4-6-28(29)31(40)38(30)26-15-13-25(36)14-16-26/h4-9,11-16,21,23H,3,10,17-20H2,1-2H3/t21-,23?/m0/s1. The number of carbonyl (C=O) groups is 1. The monoisotopic (exact) mass is 676 g/mol. The van der Waals surface area contributed by atoms with Gasteiger partial charge in [-0.2, -0.15) is 13.2 Å². The van der Waals surface area contributed by atoms with Gasteiger partial charge in [0.05, 0.1) is 22.2 Å². The molecule has 1 heterocycles. The van der Waals surface area contributed by atoms with Crippen LogP contribution in [-0.4, -0.2) is 28.5 Å². The van der Waals surface area contributed by atoms with Crippen molar-refractivity contribution in [2.45, 2.75) is 51.6 Å². The third kappa shape index (κ3) is 7.82. The molecule has 1 unspecified atom stereocenters. The van der Waals surface area contributed by atoms with Crippen LogP contribution in [0.4, 0.5) is 13.2 Å². The van der Waals surface area contributed by atoms with Gasteiger partial charge in [-0.1, -0.05) is 31.2 Å². The number of rotatable bonds is 12. The first-order valence-corrected chi connectivity index (χ1v) is 14.7. The van der Waals surface area contributed by atoms with E-state index in [4.69, 9.17) is 9.72 Å². The van der Waals surface area contributed by atoms with Gasteiger partial charge in [0.2, 0.25) is 0 Å². The Morgan fingerprint density at radius 2 is 1.68 bits per heavy atom. The summed E-state index contributed by atoms with van der Waals surface area (Å²) in [6, 6.07) is 19.7. The molecule has 0 aliphatic carbocycles. The van der Waals surface area contributed by atoms with E-state index < -0.39 is 11.7 Å². The molecule has 5 nitrogen and oxygen atoms in total. The number of aromatic nitrogens is 2. The predicted molar refractivity (Wildman–Crippen MR) is 162 cm³/mol. The van der Waals surface area contributed by atoms with E-state index in [-0.39, 0.29) is 36.0 Å². The smallest absolute Gasteiger partial charge is 0.382 e. The molecule has 4 aromatic rings. The summed E-state index contributed by atoms with van der Waals surface area (Å²) in [6.45, 7) is 5.01. The van der Waals surface area contributed by atoms with Gasteiger partial charge in [0.1, 0.15) is 11.6 Å². The van der Waals surface area contributed by atoms with Crippen molar-refractivity contribution in [3.8, 4) is 5.69 Å². The topological polar surface area (TPSA) is 61.2 Å². The van der Waals surface area contributed by atoms with Gasteiger partial charge >= 0.3 is 6.18 Å². The van der Waals surface area contributed by atoms with E-state index >= 15 is 0 Å². The molecule has 0 aliphatic heterocycles. The third-order valence-electron chi connectivity index (χ3n) is 7.31. The Kier molecular flexibility index (Phi) is 10.4. The second-order valence-electron chi connectivity index (χ2n) is 10.1. The van der Waals surface area contributed by atoms with Gasteiger partial charge in [-0.15, -0.1) is 0 Å². The molecule has 0 aliphatic rings. The molecule has 216 valence electrons. The van der Waals surface area contributed by atoms with Crippen molar-refractivity contribution >= 4 is 39.3 Å². The largest absolute Gasteiger partial charge is 0.416 e. The lowest BCUT2D eigenvalue weighted by molar-refractivity contribution is -0.137. The summed E-state index contributed by atoms with van der Waals surface area (Å²) in [7, 11) is 0. The molecule has 9 heteroatoms. The van der Waals surface area contributed by atoms with Crippen LogP contribution in [0.2, 0.25) is 0 Å². The number of para-hydroxylation sites is 1. The van der Waals surface area contributed by atoms with E-state index in [2.05, 4.69) is 22.6 Å². The number of ketones is 1. The Hall–Kier alpha value is -3.05. The molecule has 41 heavy (non-hydrogen) atoms. The molecule has 0 fully saturated rings. The number of fused-ring (bicyclic) bond motifs is 1. The molecule has 0 amide bonds. The fourth-order valence-corrected chi connectivity index (χ4v) is 5.36. The Morgan fingerprint density at radius 3 is 2.34 bits per heavy atom. The maximum absolute atomic E-state index is 13.7. The van der Waals surface area contributed by atoms with Gasteiger partial charge in [0.15, 0.2) is 0 Å². The maximum atomic E-state index is 13.7. The Morgan fingerprint density at radius 1 is 1.00 bits per heavy atom. The van der Waals surface area contributed by atoms with Crippen molar-refractivity contribution in [3.63, 3.8) is 0 Å². The number of hydrogen-bond donors (Lipinski definition) is 0. The van der Waals surface area contributed by atoms with Crippen molar-refractivity contribution in [2.24, 2.45) is 5.92 Å². The van der Waals surface area contributed by atoms with E-state index in [0.717, 1.165) is 21.4 Å². The zero-order chi connectivity index (χ0) is 29.6. The molecule has 1 aromatic heterocycles. The van der Waals surface area contributed by atoms with Crippen molar-refractivity contribution < 1.29 is 22.7 Å². The fraction of sp³-hybridized carbons (Fsp3) is 0.344. The van der Waals surface area contributed by atoms with Crippen LogP contribution in [0.1, 0.15) is 56.0 Å². The molecule has 0 spiro atoms. The van der Waals surface area contributed by atoms with Crippen LogP contribution < -0.4 is 5.56 Å². The van der Waals surface area contributed by atoms with Gasteiger partial charge < -0.3 is 4.74 Å². The van der Waals surface area contributed by atoms with E-state index in [1.54, 1.807) is 10.6 Å². The fourth-order valence-electron chi connectivity index (χ4n) is 5.00. The first-order valence-electron chi connectivity index (χ1n) is 13.6. The summed E-state index contributed by atoms with van der Waals surface area (Å²) in [5.41, 5.74) is 0.993. The minimum absolute atomic E-state index is 0.0266. The molecule has 4 rings (SSSR count). The molecular weight excluding hydrogens is 644 g/mol. The van der Waals surface area contributed by atoms with Gasteiger partial charge in [0.25, 0.3) is 5.56 Å². The van der Waals surface area contributed by atoms with Crippen LogP contribution in [0, 0.1) is 9.49 Å². The van der Waals surface area contributed by atoms with Crippen LogP contribution in [0.3, 0.4) is 0 Å². The van der Waals surface area contributed by atoms with Crippen LogP contribution >= 0.6 is 22.6 Å². The van der Waals surface area contributed by atoms with Gasteiger partial charge in [0, 0.05) is 35.5 Å². The van der Waals surface area contributed by atoms with Crippen molar-refractivity contribution in [3.05, 3.63) is 104 Å². The zero-order valence-corrected chi connectivity index (χ0v) is 25.1. The van der Waals surface area contributed by atoms with Crippen LogP contribution in [0.15, 0.2) is 77.6 Å². The number of carbonyl (C=O) groups excluding carboxylic acids is 1. The highest BCUT2D eigenvalue weighted by Crippen LogP contribution is 2.32. The molecule has 0 radical (unpaired) electrons. The highest BCUT2D eigenvalue weighted by molar-refractivity contribution is 14.1. The molecule has 3 aromatic carbocycles. The van der Waals surface area contributed by atoms with Crippen LogP contribution in [-0.2, 0) is 22.1 Å². The van der Waals surface area contributed by atoms with E-state index in [9.17, 15) is 22.8 Å². The van der Waals surface area contributed by atoms with Crippen LogP contribution in [0.25, 0.3) is 16.6 Å². The van der Waals surface area contributed by atoms with Gasteiger partial charge in [-0.05, 0) is 102 Å². The molecule has 0 bridgehead atoms. The molecule has 2 atom stereocenters. The number of Topliss-reactive ketones (excluding diaryl/α,β-unsaturated/α-hetero) is 1. The summed E-state index contributed by atoms with van der Waals surface area (Å²) >= 11 is 2.22. The highest BCUT2D eigenvalue weighted by atomic mass is 127. The quantitative estimate of drug-likeness (QED) is 0.114. The van der Waals surface area contributed by atoms with Gasteiger partial charge in [-0.25, -0.2) is 4.98 Å². The average Bonchev–Trinajstić information content (AvgIpc) is 2.95. The normalized spacial score (nSPS) is 13.3. The number of benzene rings is 3. The first kappa shape index (κ1) is 30.9. The summed E-state index contributed by atoms with van der Waals surface area (Å²) in [6.07, 6.45) is -2.90. The number of nitrogens with zero attached hydrogens (tertiary/aromatic N) is 2. The highest BCUT2D eigenvalue weighted by Gasteiger charge is 2.30. The zero-order valence-electron chi connectivity index (χ0n) is 23.0. The number of halogens is 4.